The van der Waals surface area contributed by atoms with E-state index in [0.29, 0.717) is 12.5 Å². The van der Waals surface area contributed by atoms with Gasteiger partial charge in [0.2, 0.25) is 0 Å². The molecule has 0 aliphatic rings. The fourth-order valence-corrected chi connectivity index (χ4v) is 1.53. The lowest BCUT2D eigenvalue weighted by Crippen LogP contribution is -2.11. The van der Waals surface area contributed by atoms with Crippen molar-refractivity contribution < 1.29 is 4.84 Å². The van der Waals surface area contributed by atoms with E-state index in [1.807, 2.05) is 12.1 Å². The minimum absolute atomic E-state index is 0.495. The lowest BCUT2D eigenvalue weighted by molar-refractivity contribution is 0.0867. The highest BCUT2D eigenvalue weighted by molar-refractivity contribution is 6.30. The van der Waals surface area contributed by atoms with Gasteiger partial charge in [-0.25, -0.2) is 0 Å². The molecule has 0 saturated heterocycles. The molecule has 0 atom stereocenters. The van der Waals surface area contributed by atoms with Gasteiger partial charge in [0.25, 0.3) is 0 Å². The zero-order chi connectivity index (χ0) is 10.6. The van der Waals surface area contributed by atoms with E-state index in [0.717, 1.165) is 10.6 Å². The van der Waals surface area contributed by atoms with Crippen LogP contribution in [0.15, 0.2) is 18.2 Å². The number of hydroxylamine groups is 1. The van der Waals surface area contributed by atoms with Crippen LogP contribution in [0.3, 0.4) is 0 Å². The van der Waals surface area contributed by atoms with Gasteiger partial charge in [-0.1, -0.05) is 31.5 Å². The van der Waals surface area contributed by atoms with E-state index in [-0.39, 0.29) is 0 Å². The summed E-state index contributed by atoms with van der Waals surface area (Å²) in [5.74, 6) is 0.495. The third-order valence-corrected chi connectivity index (χ3v) is 2.29. The van der Waals surface area contributed by atoms with E-state index in [4.69, 9.17) is 16.4 Å². The monoisotopic (exact) mass is 213 g/mol. The minimum atomic E-state index is 0.495. The molecule has 2 nitrogen and oxygen atoms in total. The second kappa shape index (κ2) is 5.35. The first-order valence-corrected chi connectivity index (χ1v) is 5.06. The fourth-order valence-electron chi connectivity index (χ4n) is 1.27. The number of benzene rings is 1. The molecular formula is C11H16ClNO. The smallest absolute Gasteiger partial charge is 0.0572 e. The predicted molar refractivity (Wildman–Crippen MR) is 59.4 cm³/mol. The van der Waals surface area contributed by atoms with Crippen molar-refractivity contribution in [1.82, 2.24) is 5.48 Å². The van der Waals surface area contributed by atoms with E-state index in [9.17, 15) is 0 Å². The molecule has 0 aliphatic heterocycles. The molecule has 78 valence electrons. The third-order valence-electron chi connectivity index (χ3n) is 2.07. The average Bonchev–Trinajstić information content (AvgIpc) is 2.14. The number of nitrogens with one attached hydrogen (secondary N) is 1. The van der Waals surface area contributed by atoms with Crippen LogP contribution in [0.2, 0.25) is 5.02 Å². The van der Waals surface area contributed by atoms with Gasteiger partial charge in [-0.15, -0.1) is 0 Å². The second-order valence-corrected chi connectivity index (χ2v) is 4.01. The Morgan fingerprint density at radius 1 is 1.36 bits per heavy atom. The van der Waals surface area contributed by atoms with Crippen molar-refractivity contribution in [1.29, 1.82) is 0 Å². The molecule has 0 aromatic heterocycles. The number of rotatable bonds is 4. The molecule has 3 heteroatoms. The Morgan fingerprint density at radius 2 is 2.07 bits per heavy atom. The topological polar surface area (TPSA) is 21.3 Å². The third kappa shape index (κ3) is 3.29. The largest absolute Gasteiger partial charge is 0.305 e. The van der Waals surface area contributed by atoms with Crippen molar-refractivity contribution in [3.8, 4) is 0 Å². The Hall–Kier alpha value is -0.570. The van der Waals surface area contributed by atoms with E-state index in [2.05, 4.69) is 25.4 Å². The molecule has 1 N–H and O–H groups in total. The van der Waals surface area contributed by atoms with Crippen molar-refractivity contribution in [3.63, 3.8) is 0 Å². The maximum atomic E-state index is 6.00. The van der Waals surface area contributed by atoms with Crippen molar-refractivity contribution >= 4 is 11.6 Å². The molecule has 0 bridgehead atoms. The maximum Gasteiger partial charge on any atom is 0.0572 e. The van der Waals surface area contributed by atoms with Gasteiger partial charge in [-0.05, 0) is 29.2 Å². The zero-order valence-electron chi connectivity index (χ0n) is 8.80. The highest BCUT2D eigenvalue weighted by Gasteiger charge is 2.03. The minimum Gasteiger partial charge on any atom is -0.305 e. The van der Waals surface area contributed by atoms with Crippen molar-refractivity contribution in [2.24, 2.45) is 0 Å². The van der Waals surface area contributed by atoms with E-state index >= 15 is 0 Å². The number of hydrogen-bond acceptors (Lipinski definition) is 2. The van der Waals surface area contributed by atoms with Crippen LogP contribution < -0.4 is 5.48 Å². The summed E-state index contributed by atoms with van der Waals surface area (Å²) in [6, 6.07) is 6.09. The SMILES string of the molecule is CONCc1cc(Cl)cc(C(C)C)c1. The van der Waals surface area contributed by atoms with E-state index < -0.39 is 0 Å². The summed E-state index contributed by atoms with van der Waals surface area (Å²) < 4.78 is 0. The first-order chi connectivity index (χ1) is 6.63. The highest BCUT2D eigenvalue weighted by Crippen LogP contribution is 2.21. The average molecular weight is 214 g/mol. The lowest BCUT2D eigenvalue weighted by atomic mass is 10.0. The maximum absolute atomic E-state index is 6.00. The Labute approximate surface area is 90.2 Å². The Morgan fingerprint density at radius 3 is 2.64 bits per heavy atom. The first-order valence-electron chi connectivity index (χ1n) is 4.68. The molecule has 1 rings (SSSR count). The Balaban J connectivity index is 2.84. The van der Waals surface area contributed by atoms with Gasteiger partial charge in [0, 0.05) is 11.6 Å². The number of halogens is 1. The summed E-state index contributed by atoms with van der Waals surface area (Å²) >= 11 is 6.00. The summed E-state index contributed by atoms with van der Waals surface area (Å²) in [6.07, 6.45) is 0. The van der Waals surface area contributed by atoms with Gasteiger partial charge >= 0.3 is 0 Å². The molecular weight excluding hydrogens is 198 g/mol. The molecule has 0 heterocycles. The molecule has 1 aromatic carbocycles. The second-order valence-electron chi connectivity index (χ2n) is 3.57. The van der Waals surface area contributed by atoms with Crippen LogP contribution in [0.25, 0.3) is 0 Å². The fraction of sp³-hybridized carbons (Fsp3) is 0.455. The summed E-state index contributed by atoms with van der Waals surface area (Å²) in [4.78, 5) is 4.79. The van der Waals surface area contributed by atoms with Crippen molar-refractivity contribution in [3.05, 3.63) is 34.3 Å². The van der Waals surface area contributed by atoms with Gasteiger partial charge in [0.05, 0.1) is 7.11 Å². The van der Waals surface area contributed by atoms with Crippen LogP contribution in [0.4, 0.5) is 0 Å². The summed E-state index contributed by atoms with van der Waals surface area (Å²) in [5.41, 5.74) is 5.20. The first kappa shape index (κ1) is 11.5. The molecule has 0 saturated carbocycles. The summed E-state index contributed by atoms with van der Waals surface area (Å²) in [7, 11) is 1.61. The summed E-state index contributed by atoms with van der Waals surface area (Å²) in [6.45, 7) is 4.98. The van der Waals surface area contributed by atoms with Crippen LogP contribution in [0.1, 0.15) is 30.9 Å². The van der Waals surface area contributed by atoms with Crippen molar-refractivity contribution in [2.45, 2.75) is 26.3 Å². The van der Waals surface area contributed by atoms with Crippen LogP contribution in [0, 0.1) is 0 Å². The summed E-state index contributed by atoms with van der Waals surface area (Å²) in [5, 5.41) is 0.782. The van der Waals surface area contributed by atoms with E-state index in [1.165, 1.54) is 5.56 Å². The molecule has 0 unspecified atom stereocenters. The van der Waals surface area contributed by atoms with Gasteiger partial charge in [-0.3, -0.25) is 0 Å². The molecule has 0 aliphatic carbocycles. The van der Waals surface area contributed by atoms with Gasteiger partial charge in [-0.2, -0.15) is 5.48 Å². The Bertz CT molecular complexity index is 299. The predicted octanol–water partition coefficient (Wildman–Crippen LogP) is 3.11. The lowest BCUT2D eigenvalue weighted by Gasteiger charge is -2.09. The van der Waals surface area contributed by atoms with Crippen LogP contribution in [-0.2, 0) is 11.4 Å². The molecule has 14 heavy (non-hydrogen) atoms. The molecule has 0 radical (unpaired) electrons. The van der Waals surface area contributed by atoms with Crippen LogP contribution in [-0.4, -0.2) is 7.11 Å². The van der Waals surface area contributed by atoms with Gasteiger partial charge < -0.3 is 4.84 Å². The van der Waals surface area contributed by atoms with Gasteiger partial charge in [0.1, 0.15) is 0 Å². The molecule has 0 amide bonds. The molecule has 0 fully saturated rings. The quantitative estimate of drug-likeness (QED) is 0.777. The van der Waals surface area contributed by atoms with E-state index in [1.54, 1.807) is 7.11 Å². The van der Waals surface area contributed by atoms with Crippen LogP contribution in [0.5, 0.6) is 0 Å². The number of hydrogen-bond donors (Lipinski definition) is 1. The molecule has 1 aromatic rings. The Kier molecular flexibility index (Phi) is 4.39. The zero-order valence-corrected chi connectivity index (χ0v) is 9.56. The normalized spacial score (nSPS) is 10.9. The van der Waals surface area contributed by atoms with Crippen molar-refractivity contribution in [2.75, 3.05) is 7.11 Å². The highest BCUT2D eigenvalue weighted by atomic mass is 35.5. The standard InChI is InChI=1S/C11H16ClNO/c1-8(2)10-4-9(7-13-14-3)5-11(12)6-10/h4-6,8,13H,7H2,1-3H3. The molecule has 0 spiro atoms. The van der Waals surface area contributed by atoms with Gasteiger partial charge in [0.15, 0.2) is 0 Å². The van der Waals surface area contributed by atoms with Crippen LogP contribution >= 0.6 is 11.6 Å².